The summed E-state index contributed by atoms with van der Waals surface area (Å²) in [5.41, 5.74) is -0.621. The van der Waals surface area contributed by atoms with E-state index < -0.39 is 21.0 Å². The van der Waals surface area contributed by atoms with Gasteiger partial charge in [0.05, 0.1) is 17.9 Å². The van der Waals surface area contributed by atoms with Gasteiger partial charge in [-0.05, 0) is 45.4 Å². The number of anilines is 2. The highest BCUT2D eigenvalue weighted by molar-refractivity contribution is 7.88. The molecule has 0 aromatic carbocycles. The molecule has 2 N–H and O–H groups in total. The monoisotopic (exact) mass is 451 g/mol. The highest BCUT2D eigenvalue weighted by atomic mass is 32.2. The van der Waals surface area contributed by atoms with E-state index in [9.17, 15) is 18.3 Å². The van der Waals surface area contributed by atoms with E-state index in [0.29, 0.717) is 50.5 Å². The number of sulfonamides is 1. The number of carbonyl (C=O) groups excluding carboxylic acids is 1. The molecule has 1 amide bonds. The van der Waals surface area contributed by atoms with Gasteiger partial charge in [-0.1, -0.05) is 13.8 Å². The van der Waals surface area contributed by atoms with Crippen molar-refractivity contribution in [2.24, 2.45) is 5.41 Å². The molecule has 0 unspecified atom stereocenters. The van der Waals surface area contributed by atoms with Crippen LogP contribution in [-0.4, -0.2) is 70.7 Å². The Morgan fingerprint density at radius 2 is 1.87 bits per heavy atom. The Labute approximate surface area is 184 Å². The molecule has 1 aromatic heterocycles. The zero-order chi connectivity index (χ0) is 22.6. The SMILES string of the molecule is CC1(C)Cc2cnc(NC3CCN(S(C)(=O)=O)CC3)nc2N([C@@H]2CCC[C@@]2(C)O)C1=O. The van der Waals surface area contributed by atoms with Crippen LogP contribution < -0.4 is 10.2 Å². The van der Waals surface area contributed by atoms with Crippen LogP contribution in [0.15, 0.2) is 6.20 Å². The highest BCUT2D eigenvalue weighted by Gasteiger charge is 2.49. The molecular formula is C21H33N5O4S. The largest absolute Gasteiger partial charge is 0.388 e. The van der Waals surface area contributed by atoms with Gasteiger partial charge < -0.3 is 10.4 Å². The molecule has 2 fully saturated rings. The number of nitrogens with zero attached hydrogens (tertiary/aromatic N) is 4. The van der Waals surface area contributed by atoms with E-state index in [0.717, 1.165) is 18.4 Å². The van der Waals surface area contributed by atoms with Crippen molar-refractivity contribution in [2.45, 2.75) is 77.0 Å². The Bertz CT molecular complexity index is 970. The molecule has 31 heavy (non-hydrogen) atoms. The van der Waals surface area contributed by atoms with Gasteiger partial charge in [0.25, 0.3) is 0 Å². The van der Waals surface area contributed by atoms with Gasteiger partial charge in [0.2, 0.25) is 21.9 Å². The molecule has 0 radical (unpaired) electrons. The maximum Gasteiger partial charge on any atom is 0.234 e. The molecule has 0 bridgehead atoms. The number of carbonyl (C=O) groups is 1. The standard InChI is InChI=1S/C21H33N5O4S/c1-20(2)12-14-13-22-19(23-15-7-10-25(11-8-15)31(4,29)30)24-17(14)26(18(20)27)16-6-5-9-21(16,3)28/h13,15-16,28H,5-12H2,1-4H3,(H,22,23,24)/t16-,21-/m1/s1. The average molecular weight is 452 g/mol. The third kappa shape index (κ3) is 4.29. The maximum absolute atomic E-state index is 13.4. The number of aliphatic hydroxyl groups is 1. The fourth-order valence-electron chi connectivity index (χ4n) is 5.12. The lowest BCUT2D eigenvalue weighted by Crippen LogP contribution is -2.57. The smallest absolute Gasteiger partial charge is 0.234 e. The van der Waals surface area contributed by atoms with E-state index in [2.05, 4.69) is 10.3 Å². The van der Waals surface area contributed by atoms with Crippen LogP contribution >= 0.6 is 0 Å². The van der Waals surface area contributed by atoms with E-state index in [4.69, 9.17) is 4.98 Å². The number of rotatable bonds is 4. The van der Waals surface area contributed by atoms with Crippen molar-refractivity contribution < 1.29 is 18.3 Å². The first-order valence-corrected chi connectivity index (χ1v) is 12.9. The molecule has 10 heteroatoms. The molecule has 3 aliphatic rings. The van der Waals surface area contributed by atoms with E-state index >= 15 is 0 Å². The van der Waals surface area contributed by atoms with Gasteiger partial charge in [-0.15, -0.1) is 0 Å². The molecule has 1 saturated carbocycles. The minimum Gasteiger partial charge on any atom is -0.388 e. The van der Waals surface area contributed by atoms with Gasteiger partial charge in [-0.2, -0.15) is 4.98 Å². The van der Waals surface area contributed by atoms with Crippen molar-refractivity contribution in [2.75, 3.05) is 29.6 Å². The highest BCUT2D eigenvalue weighted by Crippen LogP contribution is 2.43. The average Bonchev–Trinajstić information content (AvgIpc) is 3.02. The summed E-state index contributed by atoms with van der Waals surface area (Å²) >= 11 is 0. The first-order chi connectivity index (χ1) is 14.4. The predicted octanol–water partition coefficient (Wildman–Crippen LogP) is 1.53. The number of hydrogen-bond donors (Lipinski definition) is 2. The van der Waals surface area contributed by atoms with Crippen molar-refractivity contribution >= 4 is 27.7 Å². The summed E-state index contributed by atoms with van der Waals surface area (Å²) in [6.07, 6.45) is 7.17. The number of amides is 1. The molecule has 172 valence electrons. The summed E-state index contributed by atoms with van der Waals surface area (Å²) in [5.74, 6) is 1.01. The van der Waals surface area contributed by atoms with Gasteiger partial charge >= 0.3 is 0 Å². The Kier molecular flexibility index (Phi) is 5.54. The van der Waals surface area contributed by atoms with E-state index in [1.54, 1.807) is 18.0 Å². The van der Waals surface area contributed by atoms with Crippen LogP contribution in [0, 0.1) is 5.41 Å². The van der Waals surface area contributed by atoms with Gasteiger partial charge in [0.15, 0.2) is 0 Å². The fourth-order valence-corrected chi connectivity index (χ4v) is 5.99. The van der Waals surface area contributed by atoms with Crippen LogP contribution in [-0.2, 0) is 21.2 Å². The minimum atomic E-state index is -3.17. The Morgan fingerprint density at radius 3 is 2.45 bits per heavy atom. The van der Waals surface area contributed by atoms with Crippen LogP contribution in [0.2, 0.25) is 0 Å². The number of aromatic nitrogens is 2. The lowest BCUT2D eigenvalue weighted by Gasteiger charge is -2.44. The second kappa shape index (κ2) is 7.67. The second-order valence-electron chi connectivity index (χ2n) is 10.1. The molecule has 1 aromatic rings. The number of nitrogens with one attached hydrogen (secondary N) is 1. The number of fused-ring (bicyclic) bond motifs is 1. The Morgan fingerprint density at radius 1 is 1.19 bits per heavy atom. The van der Waals surface area contributed by atoms with Crippen LogP contribution in [0.3, 0.4) is 0 Å². The van der Waals surface area contributed by atoms with E-state index in [1.807, 2.05) is 13.8 Å². The molecule has 2 aliphatic heterocycles. The quantitative estimate of drug-likeness (QED) is 0.713. The molecule has 9 nitrogen and oxygen atoms in total. The zero-order valence-electron chi connectivity index (χ0n) is 18.8. The molecule has 0 spiro atoms. The summed E-state index contributed by atoms with van der Waals surface area (Å²) in [7, 11) is -3.17. The summed E-state index contributed by atoms with van der Waals surface area (Å²) in [5, 5.41) is 14.3. The van der Waals surface area contributed by atoms with Crippen LogP contribution in [0.25, 0.3) is 0 Å². The lowest BCUT2D eigenvalue weighted by molar-refractivity contribution is -0.128. The lowest BCUT2D eigenvalue weighted by atomic mass is 9.80. The van der Waals surface area contributed by atoms with Crippen LogP contribution in [0.1, 0.15) is 58.4 Å². The van der Waals surface area contributed by atoms with Gasteiger partial charge in [0, 0.05) is 36.3 Å². The molecule has 3 heterocycles. The Hall–Kier alpha value is -1.78. The Balaban J connectivity index is 1.59. The van der Waals surface area contributed by atoms with Gasteiger partial charge in [-0.25, -0.2) is 17.7 Å². The summed E-state index contributed by atoms with van der Waals surface area (Å²) in [6, 6.07) is -0.242. The predicted molar refractivity (Wildman–Crippen MR) is 118 cm³/mol. The maximum atomic E-state index is 13.4. The van der Waals surface area contributed by atoms with Gasteiger partial charge in [0.1, 0.15) is 5.82 Å². The summed E-state index contributed by atoms with van der Waals surface area (Å²) < 4.78 is 25.0. The van der Waals surface area contributed by atoms with Crippen LogP contribution in [0.4, 0.5) is 11.8 Å². The topological polar surface area (TPSA) is 116 Å². The summed E-state index contributed by atoms with van der Waals surface area (Å²) in [4.78, 5) is 24.3. The first kappa shape index (κ1) is 22.4. The van der Waals surface area contributed by atoms with Gasteiger partial charge in [-0.3, -0.25) is 9.69 Å². The van der Waals surface area contributed by atoms with E-state index in [1.165, 1.54) is 10.6 Å². The number of piperidine rings is 1. The second-order valence-corrected chi connectivity index (χ2v) is 12.1. The van der Waals surface area contributed by atoms with Crippen molar-refractivity contribution in [3.8, 4) is 0 Å². The molecule has 2 atom stereocenters. The molecular weight excluding hydrogens is 418 g/mol. The number of hydrogen-bond acceptors (Lipinski definition) is 7. The third-order valence-electron chi connectivity index (χ3n) is 6.95. The third-order valence-corrected chi connectivity index (χ3v) is 8.25. The van der Waals surface area contributed by atoms with Crippen molar-refractivity contribution in [1.29, 1.82) is 0 Å². The fraction of sp³-hybridized carbons (Fsp3) is 0.762. The van der Waals surface area contributed by atoms with Crippen LogP contribution in [0.5, 0.6) is 0 Å². The van der Waals surface area contributed by atoms with E-state index in [-0.39, 0.29) is 18.0 Å². The first-order valence-electron chi connectivity index (χ1n) is 11.0. The molecule has 1 aliphatic carbocycles. The van der Waals surface area contributed by atoms with Crippen molar-refractivity contribution in [3.05, 3.63) is 11.8 Å². The normalized spacial score (nSPS) is 29.8. The molecule has 1 saturated heterocycles. The minimum absolute atomic E-state index is 0.0155. The van der Waals surface area contributed by atoms with Crippen molar-refractivity contribution in [3.63, 3.8) is 0 Å². The molecule has 4 rings (SSSR count). The van der Waals surface area contributed by atoms with Crippen molar-refractivity contribution in [1.82, 2.24) is 14.3 Å². The summed E-state index contributed by atoms with van der Waals surface area (Å²) in [6.45, 7) is 6.58. The zero-order valence-corrected chi connectivity index (χ0v) is 19.6.